The molecule has 0 atom stereocenters. The van der Waals surface area contributed by atoms with E-state index < -0.39 is 0 Å². The minimum Gasteiger partial charge on any atom is -0.347 e. The van der Waals surface area contributed by atoms with Crippen molar-refractivity contribution in [1.82, 2.24) is 10.3 Å². The molecule has 5 heteroatoms. The van der Waals surface area contributed by atoms with Gasteiger partial charge in [0.25, 0.3) is 5.91 Å². The summed E-state index contributed by atoms with van der Waals surface area (Å²) in [6, 6.07) is 12.2. The summed E-state index contributed by atoms with van der Waals surface area (Å²) in [5, 5.41) is 3.73. The number of amides is 1. The Bertz CT molecular complexity index is 555. The van der Waals surface area contributed by atoms with Crippen molar-refractivity contribution in [3.8, 4) is 0 Å². The quantitative estimate of drug-likeness (QED) is 0.877. The van der Waals surface area contributed by atoms with Gasteiger partial charge in [-0.05, 0) is 29.8 Å². The second-order valence-electron chi connectivity index (χ2n) is 3.65. The van der Waals surface area contributed by atoms with Gasteiger partial charge in [0.15, 0.2) is 0 Å². The van der Waals surface area contributed by atoms with Crippen molar-refractivity contribution < 1.29 is 4.79 Å². The van der Waals surface area contributed by atoms with Gasteiger partial charge in [0.1, 0.15) is 10.8 Å². The van der Waals surface area contributed by atoms with Crippen LogP contribution < -0.4 is 5.32 Å². The number of nitrogens with one attached hydrogen (secondary N) is 1. The fraction of sp³-hybridized carbons (Fsp3) is 0.0769. The molecule has 1 aromatic carbocycles. The fourth-order valence-corrected chi connectivity index (χ4v) is 1.70. The molecule has 2 rings (SSSR count). The molecule has 1 amide bonds. The van der Waals surface area contributed by atoms with Gasteiger partial charge < -0.3 is 5.32 Å². The smallest absolute Gasteiger partial charge is 0.270 e. The standard InChI is InChI=1S/C13H10Cl2N2O/c14-10-6-4-9(5-7-10)8-16-13(18)11-2-1-3-12(15)17-11/h1-7H,8H2,(H,16,18). The number of hydrogen-bond donors (Lipinski definition) is 1. The molecule has 18 heavy (non-hydrogen) atoms. The molecule has 92 valence electrons. The summed E-state index contributed by atoms with van der Waals surface area (Å²) in [6.45, 7) is 0.421. The SMILES string of the molecule is O=C(NCc1ccc(Cl)cc1)c1cccc(Cl)n1. The molecule has 1 aromatic heterocycles. The molecular formula is C13H10Cl2N2O. The molecule has 0 saturated heterocycles. The van der Waals surface area contributed by atoms with Gasteiger partial charge >= 0.3 is 0 Å². The van der Waals surface area contributed by atoms with E-state index in [0.29, 0.717) is 22.4 Å². The van der Waals surface area contributed by atoms with E-state index in [-0.39, 0.29) is 5.91 Å². The van der Waals surface area contributed by atoms with Crippen molar-refractivity contribution in [2.24, 2.45) is 0 Å². The number of carbonyl (C=O) groups is 1. The van der Waals surface area contributed by atoms with Crippen LogP contribution in [0.5, 0.6) is 0 Å². The third-order valence-corrected chi connectivity index (χ3v) is 2.78. The molecule has 0 unspecified atom stereocenters. The van der Waals surface area contributed by atoms with Crippen LogP contribution in [0.25, 0.3) is 0 Å². The van der Waals surface area contributed by atoms with Crippen LogP contribution in [0.1, 0.15) is 16.1 Å². The molecule has 0 saturated carbocycles. The first-order valence-electron chi connectivity index (χ1n) is 5.30. The third-order valence-electron chi connectivity index (χ3n) is 2.31. The minimum atomic E-state index is -0.257. The Kier molecular flexibility index (Phi) is 4.18. The minimum absolute atomic E-state index is 0.257. The molecular weight excluding hydrogens is 271 g/mol. The van der Waals surface area contributed by atoms with E-state index in [2.05, 4.69) is 10.3 Å². The molecule has 0 radical (unpaired) electrons. The van der Waals surface area contributed by atoms with E-state index >= 15 is 0 Å². The topological polar surface area (TPSA) is 42.0 Å². The van der Waals surface area contributed by atoms with Crippen molar-refractivity contribution in [2.75, 3.05) is 0 Å². The zero-order chi connectivity index (χ0) is 13.0. The Morgan fingerprint density at radius 1 is 1.11 bits per heavy atom. The second-order valence-corrected chi connectivity index (χ2v) is 4.48. The predicted octanol–water partition coefficient (Wildman–Crippen LogP) is 3.32. The summed E-state index contributed by atoms with van der Waals surface area (Å²) in [5.74, 6) is -0.257. The third kappa shape index (κ3) is 3.45. The number of nitrogens with zero attached hydrogens (tertiary/aromatic N) is 1. The Labute approximate surface area is 115 Å². The van der Waals surface area contributed by atoms with Gasteiger partial charge in [-0.1, -0.05) is 41.4 Å². The Morgan fingerprint density at radius 2 is 1.83 bits per heavy atom. The van der Waals surface area contributed by atoms with Crippen LogP contribution in [0.2, 0.25) is 10.2 Å². The summed E-state index contributed by atoms with van der Waals surface area (Å²) in [4.78, 5) is 15.7. The van der Waals surface area contributed by atoms with Gasteiger partial charge in [0, 0.05) is 11.6 Å². The molecule has 1 heterocycles. The summed E-state index contributed by atoms with van der Waals surface area (Å²) < 4.78 is 0. The number of hydrogen-bond acceptors (Lipinski definition) is 2. The molecule has 0 aliphatic rings. The van der Waals surface area contributed by atoms with E-state index in [0.717, 1.165) is 5.56 Å². The highest BCUT2D eigenvalue weighted by atomic mass is 35.5. The summed E-state index contributed by atoms with van der Waals surface area (Å²) in [5.41, 5.74) is 1.27. The highest BCUT2D eigenvalue weighted by molar-refractivity contribution is 6.30. The number of pyridine rings is 1. The van der Waals surface area contributed by atoms with Crippen LogP contribution in [-0.2, 0) is 6.54 Å². The van der Waals surface area contributed by atoms with Crippen LogP contribution in [0.15, 0.2) is 42.5 Å². The first-order chi connectivity index (χ1) is 8.65. The summed E-state index contributed by atoms with van der Waals surface area (Å²) in [6.07, 6.45) is 0. The van der Waals surface area contributed by atoms with Crippen LogP contribution in [0, 0.1) is 0 Å². The van der Waals surface area contributed by atoms with Gasteiger partial charge in [-0.3, -0.25) is 4.79 Å². The average Bonchev–Trinajstić information content (AvgIpc) is 2.38. The largest absolute Gasteiger partial charge is 0.347 e. The average molecular weight is 281 g/mol. The zero-order valence-corrected chi connectivity index (χ0v) is 10.9. The predicted molar refractivity (Wildman–Crippen MR) is 71.9 cm³/mol. The lowest BCUT2D eigenvalue weighted by Gasteiger charge is -2.05. The molecule has 0 spiro atoms. The molecule has 3 nitrogen and oxygen atoms in total. The molecule has 2 aromatic rings. The first kappa shape index (κ1) is 12.9. The molecule has 0 fully saturated rings. The van der Waals surface area contributed by atoms with Crippen molar-refractivity contribution in [2.45, 2.75) is 6.54 Å². The van der Waals surface area contributed by atoms with Crippen LogP contribution in [0.3, 0.4) is 0 Å². The van der Waals surface area contributed by atoms with Crippen LogP contribution in [-0.4, -0.2) is 10.9 Å². The highest BCUT2D eigenvalue weighted by Crippen LogP contribution is 2.09. The van der Waals surface area contributed by atoms with E-state index in [1.54, 1.807) is 30.3 Å². The van der Waals surface area contributed by atoms with Gasteiger partial charge in [0.2, 0.25) is 0 Å². The van der Waals surface area contributed by atoms with E-state index in [4.69, 9.17) is 23.2 Å². The van der Waals surface area contributed by atoms with E-state index in [9.17, 15) is 4.79 Å². The number of aromatic nitrogens is 1. The monoisotopic (exact) mass is 280 g/mol. The van der Waals surface area contributed by atoms with Gasteiger partial charge in [0.05, 0.1) is 0 Å². The molecule has 1 N–H and O–H groups in total. The van der Waals surface area contributed by atoms with Crippen LogP contribution >= 0.6 is 23.2 Å². The van der Waals surface area contributed by atoms with E-state index in [1.165, 1.54) is 0 Å². The summed E-state index contributed by atoms with van der Waals surface area (Å²) >= 11 is 11.5. The number of halogens is 2. The van der Waals surface area contributed by atoms with Gasteiger partial charge in [-0.2, -0.15) is 0 Å². The maximum absolute atomic E-state index is 11.8. The van der Waals surface area contributed by atoms with Crippen LogP contribution in [0.4, 0.5) is 0 Å². The maximum Gasteiger partial charge on any atom is 0.270 e. The molecule has 0 aliphatic carbocycles. The Morgan fingerprint density at radius 3 is 2.50 bits per heavy atom. The summed E-state index contributed by atoms with van der Waals surface area (Å²) in [7, 11) is 0. The number of carbonyl (C=O) groups excluding carboxylic acids is 1. The first-order valence-corrected chi connectivity index (χ1v) is 6.06. The Balaban J connectivity index is 1.98. The lowest BCUT2D eigenvalue weighted by Crippen LogP contribution is -2.23. The van der Waals surface area contributed by atoms with Crippen molar-refractivity contribution in [1.29, 1.82) is 0 Å². The number of rotatable bonds is 3. The lowest BCUT2D eigenvalue weighted by atomic mass is 10.2. The zero-order valence-electron chi connectivity index (χ0n) is 9.36. The highest BCUT2D eigenvalue weighted by Gasteiger charge is 2.06. The normalized spacial score (nSPS) is 10.1. The maximum atomic E-state index is 11.8. The lowest BCUT2D eigenvalue weighted by molar-refractivity contribution is 0.0946. The number of benzene rings is 1. The van der Waals surface area contributed by atoms with Gasteiger partial charge in [-0.25, -0.2) is 4.98 Å². The fourth-order valence-electron chi connectivity index (χ4n) is 1.41. The molecule has 0 aliphatic heterocycles. The van der Waals surface area contributed by atoms with Crippen molar-refractivity contribution in [3.05, 3.63) is 63.9 Å². The van der Waals surface area contributed by atoms with Crippen molar-refractivity contribution >= 4 is 29.1 Å². The second kappa shape index (κ2) is 5.85. The van der Waals surface area contributed by atoms with E-state index in [1.807, 2.05) is 12.1 Å². The molecule has 0 bridgehead atoms. The van der Waals surface area contributed by atoms with Crippen molar-refractivity contribution in [3.63, 3.8) is 0 Å². The Hall–Kier alpha value is -1.58. The van der Waals surface area contributed by atoms with Gasteiger partial charge in [-0.15, -0.1) is 0 Å².